The number of hydrogen-bond donors (Lipinski definition) is 2. The van der Waals surface area contributed by atoms with E-state index in [-0.39, 0.29) is 23.9 Å². The largest absolute Gasteiger partial charge is 0.441 e. The maximum atomic E-state index is 13.6. The van der Waals surface area contributed by atoms with Crippen molar-refractivity contribution in [1.29, 1.82) is 5.26 Å². The first kappa shape index (κ1) is 21.9. The summed E-state index contributed by atoms with van der Waals surface area (Å²) in [6.07, 6.45) is 13.9. The Bertz CT molecular complexity index is 1240. The number of fused-ring (bicyclic) bond motifs is 3. The molecule has 0 radical (unpaired) electrons. The van der Waals surface area contributed by atoms with Crippen LogP contribution in [0.1, 0.15) is 31.9 Å². The molecule has 4 aliphatic heterocycles. The molecule has 0 fully saturated rings. The molecular weight excluding hydrogens is 431 g/mol. The lowest BCUT2D eigenvalue weighted by atomic mass is 9.87. The number of hydrogen-bond acceptors (Lipinski definition) is 7. The molecule has 0 spiro atoms. The van der Waals surface area contributed by atoms with E-state index in [1.54, 1.807) is 18.3 Å². The third-order valence-corrected chi connectivity index (χ3v) is 6.07. The van der Waals surface area contributed by atoms with Crippen molar-refractivity contribution in [3.05, 3.63) is 95.1 Å². The van der Waals surface area contributed by atoms with E-state index in [1.165, 1.54) is 17.0 Å². The summed E-state index contributed by atoms with van der Waals surface area (Å²) in [4.78, 5) is 10.8. The van der Waals surface area contributed by atoms with Crippen LogP contribution in [0.3, 0.4) is 0 Å². The zero-order valence-corrected chi connectivity index (χ0v) is 19.0. The summed E-state index contributed by atoms with van der Waals surface area (Å²) in [6, 6.07) is 6.40. The minimum atomic E-state index is -0.274. The predicted molar refractivity (Wildman–Crippen MR) is 129 cm³/mol. The van der Waals surface area contributed by atoms with Gasteiger partial charge in [-0.3, -0.25) is 4.99 Å². The smallest absolute Gasteiger partial charge is 0.219 e. The Morgan fingerprint density at radius 2 is 2.03 bits per heavy atom. The predicted octanol–water partition coefficient (Wildman–Crippen LogP) is 3.96. The summed E-state index contributed by atoms with van der Waals surface area (Å²) >= 11 is 0. The number of amidine groups is 1. The second kappa shape index (κ2) is 9.12. The van der Waals surface area contributed by atoms with E-state index in [4.69, 9.17) is 9.73 Å². The molecule has 3 atom stereocenters. The van der Waals surface area contributed by atoms with Crippen LogP contribution >= 0.6 is 0 Å². The van der Waals surface area contributed by atoms with E-state index in [0.717, 1.165) is 34.6 Å². The lowest BCUT2D eigenvalue weighted by Gasteiger charge is -2.37. The fourth-order valence-corrected chi connectivity index (χ4v) is 4.43. The average Bonchev–Trinajstić information content (AvgIpc) is 2.84. The molecule has 1 aromatic carbocycles. The summed E-state index contributed by atoms with van der Waals surface area (Å²) < 4.78 is 20.0. The van der Waals surface area contributed by atoms with Gasteiger partial charge in [0.1, 0.15) is 17.4 Å². The molecule has 4 heterocycles. The molecule has 0 saturated heterocycles. The Morgan fingerprint density at radius 1 is 1.21 bits per heavy atom. The quantitative estimate of drug-likeness (QED) is 0.625. The van der Waals surface area contributed by atoms with Gasteiger partial charge in [0, 0.05) is 23.9 Å². The van der Waals surface area contributed by atoms with Crippen LogP contribution in [0.15, 0.2) is 93.7 Å². The van der Waals surface area contributed by atoms with E-state index in [2.05, 4.69) is 35.7 Å². The third kappa shape index (κ3) is 4.30. The van der Waals surface area contributed by atoms with Gasteiger partial charge in [-0.25, -0.2) is 14.3 Å². The van der Waals surface area contributed by atoms with Crippen LogP contribution < -0.4 is 10.6 Å². The Labute approximate surface area is 198 Å². The average molecular weight is 457 g/mol. The van der Waals surface area contributed by atoms with E-state index in [9.17, 15) is 9.65 Å². The van der Waals surface area contributed by atoms with Gasteiger partial charge in [-0.1, -0.05) is 12.1 Å². The first-order chi connectivity index (χ1) is 16.5. The molecule has 7 nitrogen and oxygen atoms in total. The monoisotopic (exact) mass is 456 g/mol. The number of aliphatic imine (C=N–C) groups is 2. The SMILES string of the molecule is CC1CC2=C(OC3=CC4=CC(=NC/C=C\NC(C)C2=N3)N(C#N)C=C4)C(c2ccc(F)cc2)N1. The molecule has 1 aromatic rings. The minimum absolute atomic E-state index is 0.0689. The zero-order chi connectivity index (χ0) is 23.7. The molecule has 0 aliphatic carbocycles. The van der Waals surface area contributed by atoms with Crippen molar-refractivity contribution in [2.75, 3.05) is 6.54 Å². The van der Waals surface area contributed by atoms with Crippen molar-refractivity contribution in [2.24, 2.45) is 9.98 Å². The van der Waals surface area contributed by atoms with Gasteiger partial charge in [0.05, 0.1) is 24.3 Å². The molecule has 172 valence electrons. The van der Waals surface area contributed by atoms with Crippen molar-refractivity contribution in [3.8, 4) is 6.19 Å². The molecule has 4 aliphatic rings. The maximum absolute atomic E-state index is 13.6. The molecule has 2 N–H and O–H groups in total. The van der Waals surface area contributed by atoms with E-state index < -0.39 is 0 Å². The van der Waals surface area contributed by atoms with Crippen LogP contribution in [0, 0.1) is 17.3 Å². The fourth-order valence-electron chi connectivity index (χ4n) is 4.43. The van der Waals surface area contributed by atoms with Crippen LogP contribution in [0.25, 0.3) is 0 Å². The van der Waals surface area contributed by atoms with Crippen molar-refractivity contribution >= 4 is 11.5 Å². The second-order valence-electron chi connectivity index (χ2n) is 8.60. The van der Waals surface area contributed by atoms with Gasteiger partial charge in [-0.15, -0.1) is 0 Å². The molecule has 0 aromatic heterocycles. The van der Waals surface area contributed by atoms with E-state index >= 15 is 0 Å². The number of benzene rings is 1. The topological polar surface area (TPSA) is 85.0 Å². The van der Waals surface area contributed by atoms with Gasteiger partial charge in [0.15, 0.2) is 6.19 Å². The molecular formula is C26H25FN6O. The van der Waals surface area contributed by atoms with Gasteiger partial charge >= 0.3 is 0 Å². The fraction of sp³-hybridized carbons (Fsp3) is 0.269. The number of halogens is 1. The van der Waals surface area contributed by atoms with Gasteiger partial charge in [-0.05, 0) is 68.0 Å². The van der Waals surface area contributed by atoms with Crippen LogP contribution in [0.2, 0.25) is 0 Å². The summed E-state index contributed by atoms with van der Waals surface area (Å²) in [5.41, 5.74) is 3.72. The van der Waals surface area contributed by atoms with E-state index in [1.807, 2.05) is 30.5 Å². The lowest BCUT2D eigenvalue weighted by molar-refractivity contribution is 0.231. The number of nitrogens with zero attached hydrogens (tertiary/aromatic N) is 4. The Hall–Kier alpha value is -3.96. The highest BCUT2D eigenvalue weighted by Crippen LogP contribution is 2.38. The Kier molecular flexibility index (Phi) is 5.86. The van der Waals surface area contributed by atoms with Crippen LogP contribution in [0.4, 0.5) is 4.39 Å². The van der Waals surface area contributed by atoms with Crippen molar-refractivity contribution in [1.82, 2.24) is 15.5 Å². The molecule has 0 saturated carbocycles. The number of nitriles is 1. The number of nitrogens with one attached hydrogen (secondary N) is 2. The van der Waals surface area contributed by atoms with Gasteiger partial charge in [-0.2, -0.15) is 5.26 Å². The van der Waals surface area contributed by atoms with Crippen molar-refractivity contribution < 1.29 is 9.13 Å². The first-order valence-electron chi connectivity index (χ1n) is 11.3. The molecule has 4 bridgehead atoms. The summed E-state index contributed by atoms with van der Waals surface area (Å²) in [6.45, 7) is 4.63. The van der Waals surface area contributed by atoms with Crippen LogP contribution in [-0.4, -0.2) is 35.1 Å². The first-order valence-corrected chi connectivity index (χ1v) is 11.3. The molecule has 0 amide bonds. The molecule has 5 rings (SSSR count). The molecule has 34 heavy (non-hydrogen) atoms. The van der Waals surface area contributed by atoms with Crippen LogP contribution in [0.5, 0.6) is 0 Å². The highest BCUT2D eigenvalue weighted by atomic mass is 19.1. The van der Waals surface area contributed by atoms with E-state index in [0.29, 0.717) is 18.3 Å². The summed E-state index contributed by atoms with van der Waals surface area (Å²) in [5, 5.41) is 16.4. The Morgan fingerprint density at radius 3 is 2.82 bits per heavy atom. The highest BCUT2D eigenvalue weighted by Gasteiger charge is 2.36. The second-order valence-corrected chi connectivity index (χ2v) is 8.60. The van der Waals surface area contributed by atoms with Crippen molar-refractivity contribution in [2.45, 2.75) is 38.4 Å². The van der Waals surface area contributed by atoms with Gasteiger partial charge in [0.2, 0.25) is 5.88 Å². The van der Waals surface area contributed by atoms with Crippen molar-refractivity contribution in [3.63, 3.8) is 0 Å². The standard InChI is InChI=1S/C26H25FN6O/c1-16-12-21-24-17(2)29-9-3-10-30-22-13-18(8-11-33(22)15-28)14-23(32-24)34-26(21)25(31-16)19-4-6-20(27)7-5-19/h3-9,11,13-14,16-17,25,29,31H,10,12H2,1-2H3/b9-3-,23-14?,30-22?. The number of allylic oxidation sites excluding steroid dienone is 3. The zero-order valence-electron chi connectivity index (χ0n) is 19.0. The number of rotatable bonds is 1. The van der Waals surface area contributed by atoms with Gasteiger partial charge < -0.3 is 15.4 Å². The van der Waals surface area contributed by atoms with Gasteiger partial charge in [0.25, 0.3) is 0 Å². The molecule has 3 unspecified atom stereocenters. The number of ether oxygens (including phenoxy) is 1. The highest BCUT2D eigenvalue weighted by molar-refractivity contribution is 6.06. The Balaban J connectivity index is 1.61. The van der Waals surface area contributed by atoms with Crippen LogP contribution in [-0.2, 0) is 4.74 Å². The lowest BCUT2D eigenvalue weighted by Crippen LogP contribution is -2.43. The maximum Gasteiger partial charge on any atom is 0.219 e. The third-order valence-electron chi connectivity index (χ3n) is 6.07. The normalized spacial score (nSPS) is 27.1. The summed E-state index contributed by atoms with van der Waals surface area (Å²) in [5.74, 6) is 1.51. The molecule has 8 heteroatoms. The minimum Gasteiger partial charge on any atom is -0.441 e. The summed E-state index contributed by atoms with van der Waals surface area (Å²) in [7, 11) is 0.